The average Bonchev–Trinajstić information content (AvgIpc) is 2.93. The smallest absolute Gasteiger partial charge is 0.408 e. The number of hydrogen-bond donors (Lipinski definition) is 3. The maximum absolute atomic E-state index is 14.7. The van der Waals surface area contributed by atoms with E-state index in [2.05, 4.69) is 10.6 Å². The summed E-state index contributed by atoms with van der Waals surface area (Å²) in [5.74, 6) is 0.0119. The fraction of sp³-hybridized carbons (Fsp3) is 0.400. The van der Waals surface area contributed by atoms with Crippen molar-refractivity contribution in [2.24, 2.45) is 0 Å². The molecule has 234 valence electrons. The molecule has 2 unspecified atom stereocenters. The van der Waals surface area contributed by atoms with Gasteiger partial charge in [0.15, 0.2) is 0 Å². The van der Waals surface area contributed by atoms with Crippen LogP contribution in [0.3, 0.4) is 0 Å². The van der Waals surface area contributed by atoms with Gasteiger partial charge in [-0.25, -0.2) is 4.79 Å². The normalized spacial score (nSPS) is 14.5. The number of aromatic hydroxyl groups is 1. The Morgan fingerprint density at radius 1 is 0.977 bits per heavy atom. The number of rotatable bonds is 10. The van der Waals surface area contributed by atoms with Crippen molar-refractivity contribution in [1.29, 1.82) is 0 Å². The van der Waals surface area contributed by atoms with E-state index in [9.17, 15) is 19.5 Å². The highest BCUT2D eigenvalue weighted by Gasteiger charge is 2.42. The summed E-state index contributed by atoms with van der Waals surface area (Å²) in [6, 6.07) is 17.2. The molecule has 1 aliphatic carbocycles. The minimum Gasteiger partial charge on any atom is -0.508 e. The van der Waals surface area contributed by atoms with Gasteiger partial charge < -0.3 is 30.1 Å². The van der Waals surface area contributed by atoms with Crippen LogP contribution in [0.5, 0.6) is 11.5 Å². The molecule has 0 aliphatic heterocycles. The first-order chi connectivity index (χ1) is 20.8. The van der Waals surface area contributed by atoms with E-state index in [-0.39, 0.29) is 30.0 Å². The molecule has 2 atom stereocenters. The van der Waals surface area contributed by atoms with Crippen molar-refractivity contribution in [2.45, 2.75) is 84.0 Å². The van der Waals surface area contributed by atoms with E-state index in [1.165, 1.54) is 12.1 Å². The molecule has 1 fully saturated rings. The number of phenolic OH excluding ortho intramolecular Hbond substituents is 1. The van der Waals surface area contributed by atoms with Crippen LogP contribution in [0.25, 0.3) is 0 Å². The van der Waals surface area contributed by atoms with Crippen LogP contribution in [0.2, 0.25) is 0 Å². The molecule has 0 aromatic heterocycles. The molecule has 3 aromatic carbocycles. The Kier molecular flexibility index (Phi) is 10.2. The first-order valence-electron chi connectivity index (χ1n) is 15.0. The van der Waals surface area contributed by atoms with Gasteiger partial charge in [-0.2, -0.15) is 0 Å². The van der Waals surface area contributed by atoms with Gasteiger partial charge in [-0.1, -0.05) is 35.9 Å². The van der Waals surface area contributed by atoms with Crippen molar-refractivity contribution in [3.05, 3.63) is 89.0 Å². The number of anilines is 1. The van der Waals surface area contributed by atoms with Gasteiger partial charge in [0.1, 0.15) is 29.2 Å². The molecule has 1 aliphatic rings. The minimum atomic E-state index is -1.03. The van der Waals surface area contributed by atoms with E-state index in [1.54, 1.807) is 69.2 Å². The number of carbonyl (C=O) groups is 3. The lowest BCUT2D eigenvalue weighted by Gasteiger charge is -2.44. The molecule has 9 heteroatoms. The SMILES string of the molecule is COc1ccc(NC(=O)C(c2cc(C)ccc2C)N(C(=O)C(Cc2ccc(O)cc2)NC(=O)OC(C)(C)C)C2CCC2)cc1. The summed E-state index contributed by atoms with van der Waals surface area (Å²) < 4.78 is 10.8. The zero-order valence-corrected chi connectivity index (χ0v) is 26.3. The highest BCUT2D eigenvalue weighted by Crippen LogP contribution is 2.36. The first-order valence-corrected chi connectivity index (χ1v) is 15.0. The lowest BCUT2D eigenvalue weighted by molar-refractivity contribution is -0.145. The van der Waals surface area contributed by atoms with Crippen molar-refractivity contribution in [1.82, 2.24) is 10.2 Å². The Labute approximate surface area is 259 Å². The highest BCUT2D eigenvalue weighted by molar-refractivity contribution is 5.99. The molecular weight excluding hydrogens is 558 g/mol. The molecule has 0 spiro atoms. The molecule has 9 nitrogen and oxygen atoms in total. The second-order valence-electron chi connectivity index (χ2n) is 12.4. The third kappa shape index (κ3) is 8.30. The second-order valence-corrected chi connectivity index (χ2v) is 12.4. The number of phenols is 1. The predicted octanol–water partition coefficient (Wildman–Crippen LogP) is 6.21. The largest absolute Gasteiger partial charge is 0.508 e. The molecule has 3 N–H and O–H groups in total. The number of benzene rings is 3. The quantitative estimate of drug-likeness (QED) is 0.254. The number of alkyl carbamates (subject to hydrolysis) is 1. The molecule has 44 heavy (non-hydrogen) atoms. The van der Waals surface area contributed by atoms with Crippen LogP contribution in [0, 0.1) is 13.8 Å². The Morgan fingerprint density at radius 3 is 2.20 bits per heavy atom. The molecule has 3 amide bonds. The lowest BCUT2D eigenvalue weighted by Crippen LogP contribution is -2.57. The molecule has 3 aromatic rings. The van der Waals surface area contributed by atoms with Crippen LogP contribution in [0.1, 0.15) is 68.3 Å². The summed E-state index contributed by atoms with van der Waals surface area (Å²) >= 11 is 0. The topological polar surface area (TPSA) is 117 Å². The average molecular weight is 602 g/mol. The van der Waals surface area contributed by atoms with E-state index in [0.29, 0.717) is 11.4 Å². The zero-order chi connectivity index (χ0) is 32.0. The third-order valence-electron chi connectivity index (χ3n) is 7.70. The number of aryl methyl sites for hydroxylation is 2. The standard InChI is InChI=1S/C35H43N3O6/c1-22-10-11-23(2)29(20-22)31(32(40)36-25-14-18-28(43-6)19-15-25)38(26-8-7-9-26)33(41)30(37-34(42)44-35(3,4)5)21-24-12-16-27(39)17-13-24/h10-20,26,30-31,39H,7-9,21H2,1-6H3,(H,36,40)(H,37,42). The number of nitrogens with zero attached hydrogens (tertiary/aromatic N) is 1. The number of hydrogen-bond acceptors (Lipinski definition) is 6. The van der Waals surface area contributed by atoms with E-state index >= 15 is 0 Å². The van der Waals surface area contributed by atoms with Gasteiger partial charge in [0.2, 0.25) is 5.91 Å². The summed E-state index contributed by atoms with van der Waals surface area (Å²) in [4.78, 5) is 43.7. The molecule has 0 bridgehead atoms. The van der Waals surface area contributed by atoms with Gasteiger partial charge in [-0.3, -0.25) is 9.59 Å². The van der Waals surface area contributed by atoms with Gasteiger partial charge in [0, 0.05) is 18.2 Å². The summed E-state index contributed by atoms with van der Waals surface area (Å²) in [5, 5.41) is 15.6. The lowest BCUT2D eigenvalue weighted by atomic mass is 9.86. The number of amides is 3. The summed E-state index contributed by atoms with van der Waals surface area (Å²) in [5.41, 5.74) is 3.08. The number of carbonyl (C=O) groups excluding carboxylic acids is 3. The fourth-order valence-electron chi connectivity index (χ4n) is 5.24. The fourth-order valence-corrected chi connectivity index (χ4v) is 5.24. The second kappa shape index (κ2) is 13.8. The van der Waals surface area contributed by atoms with Gasteiger partial charge in [-0.05, 0) is 107 Å². The van der Waals surface area contributed by atoms with Crippen molar-refractivity contribution in [3.63, 3.8) is 0 Å². The van der Waals surface area contributed by atoms with E-state index in [4.69, 9.17) is 9.47 Å². The summed E-state index contributed by atoms with van der Waals surface area (Å²) in [6.07, 6.45) is 1.81. The van der Waals surface area contributed by atoms with E-state index < -0.39 is 23.8 Å². The molecule has 4 rings (SSSR count). The monoisotopic (exact) mass is 601 g/mol. The number of nitrogens with one attached hydrogen (secondary N) is 2. The first kappa shape index (κ1) is 32.4. The number of ether oxygens (including phenoxy) is 2. The van der Waals surface area contributed by atoms with Gasteiger partial charge in [-0.15, -0.1) is 0 Å². The Bertz CT molecular complexity index is 1460. The predicted molar refractivity (Wildman–Crippen MR) is 170 cm³/mol. The number of methoxy groups -OCH3 is 1. The van der Waals surface area contributed by atoms with Crippen LogP contribution in [-0.2, 0) is 20.7 Å². The Morgan fingerprint density at radius 2 is 1.64 bits per heavy atom. The van der Waals surface area contributed by atoms with E-state index in [0.717, 1.165) is 41.5 Å². The van der Waals surface area contributed by atoms with Crippen molar-refractivity contribution in [3.8, 4) is 11.5 Å². The van der Waals surface area contributed by atoms with Crippen LogP contribution in [0.15, 0.2) is 66.7 Å². The Balaban J connectivity index is 1.77. The van der Waals surface area contributed by atoms with Crippen molar-refractivity contribution < 1.29 is 29.0 Å². The van der Waals surface area contributed by atoms with Crippen molar-refractivity contribution in [2.75, 3.05) is 12.4 Å². The summed E-state index contributed by atoms with van der Waals surface area (Å²) in [6.45, 7) is 9.14. The summed E-state index contributed by atoms with van der Waals surface area (Å²) in [7, 11) is 1.58. The minimum absolute atomic E-state index is 0.0954. The molecule has 0 heterocycles. The highest BCUT2D eigenvalue weighted by atomic mass is 16.6. The molecular formula is C35H43N3O6. The molecule has 0 radical (unpaired) electrons. The van der Waals surface area contributed by atoms with Crippen molar-refractivity contribution >= 4 is 23.6 Å². The van der Waals surface area contributed by atoms with Gasteiger partial charge in [0.25, 0.3) is 5.91 Å². The maximum Gasteiger partial charge on any atom is 0.408 e. The van der Waals surface area contributed by atoms with Crippen LogP contribution in [0.4, 0.5) is 10.5 Å². The third-order valence-corrected chi connectivity index (χ3v) is 7.70. The van der Waals surface area contributed by atoms with Crippen LogP contribution < -0.4 is 15.4 Å². The molecule has 1 saturated carbocycles. The molecule has 0 saturated heterocycles. The Hall–Kier alpha value is -4.53. The van der Waals surface area contributed by atoms with Gasteiger partial charge >= 0.3 is 6.09 Å². The zero-order valence-electron chi connectivity index (χ0n) is 26.3. The van der Waals surface area contributed by atoms with Gasteiger partial charge in [0.05, 0.1) is 7.11 Å². The van der Waals surface area contributed by atoms with Crippen LogP contribution >= 0.6 is 0 Å². The van der Waals surface area contributed by atoms with Crippen LogP contribution in [-0.4, -0.2) is 52.7 Å². The van der Waals surface area contributed by atoms with E-state index in [1.807, 2.05) is 32.0 Å². The maximum atomic E-state index is 14.7.